The van der Waals surface area contributed by atoms with Crippen molar-refractivity contribution in [3.63, 3.8) is 0 Å². The largest absolute Gasteiger partial charge is 0.299 e. The normalized spacial score (nSPS) is 11.9. The van der Waals surface area contributed by atoms with E-state index in [1.807, 2.05) is 23.7 Å². The molecule has 116 valence electrons. The van der Waals surface area contributed by atoms with Gasteiger partial charge in [-0.3, -0.25) is 4.57 Å². The van der Waals surface area contributed by atoms with Crippen LogP contribution in [0.5, 0.6) is 0 Å². The maximum Gasteiger partial charge on any atom is 0.224 e. The average Bonchev–Trinajstić information content (AvgIpc) is 3.10. The Morgan fingerprint density at radius 3 is 2.91 bits per heavy atom. The van der Waals surface area contributed by atoms with Gasteiger partial charge in [0.15, 0.2) is 5.82 Å². The van der Waals surface area contributed by atoms with E-state index < -0.39 is 0 Å². The Labute approximate surface area is 150 Å². The second kappa shape index (κ2) is 5.54. The SMILES string of the molecule is CC(C)c1cn(-c2nc(Cl)nc3ccsc23)c2cc(Br)ncc12. The molecule has 0 aliphatic rings. The molecule has 0 N–H and O–H groups in total. The van der Waals surface area contributed by atoms with Crippen LogP contribution in [-0.4, -0.2) is 19.5 Å². The molecule has 0 saturated heterocycles. The summed E-state index contributed by atoms with van der Waals surface area (Å²) in [6, 6.07) is 3.97. The van der Waals surface area contributed by atoms with Crippen LogP contribution in [0.15, 0.2) is 34.5 Å². The minimum Gasteiger partial charge on any atom is -0.299 e. The summed E-state index contributed by atoms with van der Waals surface area (Å²) in [5.41, 5.74) is 3.16. The first-order valence-electron chi connectivity index (χ1n) is 7.12. The van der Waals surface area contributed by atoms with Gasteiger partial charge in [0.1, 0.15) is 4.60 Å². The predicted octanol–water partition coefficient (Wildman–Crippen LogP) is 5.57. The van der Waals surface area contributed by atoms with E-state index in [0.29, 0.717) is 5.92 Å². The van der Waals surface area contributed by atoms with Crippen LogP contribution in [-0.2, 0) is 0 Å². The lowest BCUT2D eigenvalue weighted by Gasteiger charge is -2.06. The monoisotopic (exact) mass is 406 g/mol. The fraction of sp³-hybridized carbons (Fsp3) is 0.188. The first-order valence-corrected chi connectivity index (χ1v) is 9.17. The van der Waals surface area contributed by atoms with Crippen LogP contribution in [0.3, 0.4) is 0 Å². The molecule has 4 heterocycles. The van der Waals surface area contributed by atoms with E-state index in [4.69, 9.17) is 11.6 Å². The smallest absolute Gasteiger partial charge is 0.224 e. The van der Waals surface area contributed by atoms with Gasteiger partial charge in [-0.15, -0.1) is 11.3 Å². The molecule has 4 nitrogen and oxygen atoms in total. The van der Waals surface area contributed by atoms with Gasteiger partial charge in [-0.2, -0.15) is 4.98 Å². The Balaban J connectivity index is 2.12. The van der Waals surface area contributed by atoms with Gasteiger partial charge >= 0.3 is 0 Å². The van der Waals surface area contributed by atoms with Gasteiger partial charge in [-0.1, -0.05) is 13.8 Å². The number of pyridine rings is 1. The number of thiophene rings is 1. The van der Waals surface area contributed by atoms with E-state index in [1.54, 1.807) is 11.3 Å². The summed E-state index contributed by atoms with van der Waals surface area (Å²) in [4.78, 5) is 13.2. The first-order chi connectivity index (χ1) is 11.0. The van der Waals surface area contributed by atoms with Gasteiger partial charge in [-0.25, -0.2) is 9.97 Å². The van der Waals surface area contributed by atoms with Crippen molar-refractivity contribution in [1.82, 2.24) is 19.5 Å². The summed E-state index contributed by atoms with van der Waals surface area (Å²) in [5, 5.41) is 3.39. The van der Waals surface area contributed by atoms with Crippen molar-refractivity contribution in [1.29, 1.82) is 0 Å². The average molecular weight is 408 g/mol. The molecule has 4 rings (SSSR count). The minimum absolute atomic E-state index is 0.256. The van der Waals surface area contributed by atoms with E-state index in [-0.39, 0.29) is 5.28 Å². The number of halogens is 2. The van der Waals surface area contributed by atoms with Crippen LogP contribution in [0.1, 0.15) is 25.3 Å². The number of fused-ring (bicyclic) bond motifs is 2. The highest BCUT2D eigenvalue weighted by molar-refractivity contribution is 9.10. The van der Waals surface area contributed by atoms with Crippen molar-refractivity contribution in [2.24, 2.45) is 0 Å². The maximum atomic E-state index is 6.13. The van der Waals surface area contributed by atoms with Crippen molar-refractivity contribution < 1.29 is 0 Å². The number of hydrogen-bond acceptors (Lipinski definition) is 4. The molecule has 0 aromatic carbocycles. The zero-order valence-corrected chi connectivity index (χ0v) is 15.6. The molecule has 7 heteroatoms. The molecule has 0 fully saturated rings. The fourth-order valence-electron chi connectivity index (χ4n) is 2.74. The van der Waals surface area contributed by atoms with E-state index in [9.17, 15) is 0 Å². The van der Waals surface area contributed by atoms with Gasteiger partial charge < -0.3 is 0 Å². The van der Waals surface area contributed by atoms with Crippen LogP contribution in [0.4, 0.5) is 0 Å². The third-order valence-corrected chi connectivity index (χ3v) is 5.30. The van der Waals surface area contributed by atoms with Crippen LogP contribution < -0.4 is 0 Å². The Morgan fingerprint density at radius 1 is 1.30 bits per heavy atom. The number of aromatic nitrogens is 4. The third kappa shape index (κ3) is 2.45. The van der Waals surface area contributed by atoms with Gasteiger partial charge in [-0.05, 0) is 56.5 Å². The highest BCUT2D eigenvalue weighted by Gasteiger charge is 2.17. The van der Waals surface area contributed by atoms with Gasteiger partial charge in [0.2, 0.25) is 5.28 Å². The molecule has 0 radical (unpaired) electrons. The van der Waals surface area contributed by atoms with Crippen molar-refractivity contribution in [3.05, 3.63) is 45.4 Å². The van der Waals surface area contributed by atoms with Crippen molar-refractivity contribution >= 4 is 60.0 Å². The molecule has 0 unspecified atom stereocenters. The Morgan fingerprint density at radius 2 is 2.13 bits per heavy atom. The molecule has 0 atom stereocenters. The summed E-state index contributed by atoms with van der Waals surface area (Å²) in [6.45, 7) is 4.35. The first kappa shape index (κ1) is 15.1. The Bertz CT molecular complexity index is 1040. The molecule has 0 aliphatic heterocycles. The number of nitrogens with zero attached hydrogens (tertiary/aromatic N) is 4. The molecular formula is C16H12BrClN4S. The van der Waals surface area contributed by atoms with E-state index in [0.717, 1.165) is 31.5 Å². The Kier molecular flexibility index (Phi) is 3.63. The maximum absolute atomic E-state index is 6.13. The van der Waals surface area contributed by atoms with E-state index in [1.165, 1.54) is 5.56 Å². The highest BCUT2D eigenvalue weighted by Crippen LogP contribution is 2.34. The standard InChI is InChI=1S/C16H12BrClN4S/c1-8(2)10-7-22(12-5-13(17)19-6-9(10)12)15-14-11(3-4-23-14)20-16(18)21-15/h3-8H,1-2H3. The van der Waals surface area contributed by atoms with Gasteiger partial charge in [0.25, 0.3) is 0 Å². The summed E-state index contributed by atoms with van der Waals surface area (Å²) in [7, 11) is 0. The Hall–Kier alpha value is -1.50. The van der Waals surface area contributed by atoms with Gasteiger partial charge in [0.05, 0.1) is 15.7 Å². The predicted molar refractivity (Wildman–Crippen MR) is 98.8 cm³/mol. The highest BCUT2D eigenvalue weighted by atomic mass is 79.9. The third-order valence-electron chi connectivity index (χ3n) is 3.80. The lowest BCUT2D eigenvalue weighted by molar-refractivity contribution is 0.868. The molecular weight excluding hydrogens is 396 g/mol. The number of hydrogen-bond donors (Lipinski definition) is 0. The van der Waals surface area contributed by atoms with Crippen molar-refractivity contribution in [2.45, 2.75) is 19.8 Å². The molecule has 4 aromatic rings. The van der Waals surface area contributed by atoms with Crippen LogP contribution >= 0.6 is 38.9 Å². The molecule has 0 saturated carbocycles. The lowest BCUT2D eigenvalue weighted by atomic mass is 10.0. The van der Waals surface area contributed by atoms with Crippen LogP contribution in [0.25, 0.3) is 26.9 Å². The molecule has 0 spiro atoms. The van der Waals surface area contributed by atoms with E-state index >= 15 is 0 Å². The fourth-order valence-corrected chi connectivity index (χ4v) is 4.05. The van der Waals surface area contributed by atoms with Crippen molar-refractivity contribution in [2.75, 3.05) is 0 Å². The quantitative estimate of drug-likeness (QED) is 0.322. The molecule has 0 bridgehead atoms. The second-order valence-electron chi connectivity index (χ2n) is 5.58. The summed E-state index contributed by atoms with van der Waals surface area (Å²) in [6.07, 6.45) is 4.03. The zero-order chi connectivity index (χ0) is 16.1. The summed E-state index contributed by atoms with van der Waals surface area (Å²) in [5.74, 6) is 1.20. The van der Waals surface area contributed by atoms with Crippen molar-refractivity contribution in [3.8, 4) is 5.82 Å². The van der Waals surface area contributed by atoms with Crippen LogP contribution in [0, 0.1) is 0 Å². The molecule has 0 aliphatic carbocycles. The summed E-state index contributed by atoms with van der Waals surface area (Å²) >= 11 is 11.2. The molecule has 0 amide bonds. The molecule has 23 heavy (non-hydrogen) atoms. The van der Waals surface area contributed by atoms with Crippen LogP contribution in [0.2, 0.25) is 5.28 Å². The molecule has 4 aromatic heterocycles. The lowest BCUT2D eigenvalue weighted by Crippen LogP contribution is -1.98. The van der Waals surface area contributed by atoms with E-state index in [2.05, 4.69) is 55.5 Å². The summed E-state index contributed by atoms with van der Waals surface area (Å²) < 4.78 is 3.90. The topological polar surface area (TPSA) is 43.6 Å². The zero-order valence-electron chi connectivity index (χ0n) is 12.4. The minimum atomic E-state index is 0.256. The van der Waals surface area contributed by atoms with Gasteiger partial charge in [0, 0.05) is 17.8 Å². The number of rotatable bonds is 2. The second-order valence-corrected chi connectivity index (χ2v) is 7.65.